The number of nitrogens with zero attached hydrogens (tertiary/aromatic N) is 2. The molecule has 0 spiro atoms. The third kappa shape index (κ3) is 4.03. The molecule has 0 radical (unpaired) electrons. The van der Waals surface area contributed by atoms with Gasteiger partial charge in [0.15, 0.2) is 6.10 Å². The van der Waals surface area contributed by atoms with Crippen LogP contribution in [0.2, 0.25) is 10.0 Å². The average molecular weight is 373 g/mol. The molecule has 0 aliphatic carbocycles. The largest absolute Gasteiger partial charge is 0.479 e. The van der Waals surface area contributed by atoms with Crippen LogP contribution in [0.25, 0.3) is 0 Å². The van der Waals surface area contributed by atoms with Crippen molar-refractivity contribution in [1.82, 2.24) is 4.98 Å². The Bertz CT molecular complexity index is 799. The van der Waals surface area contributed by atoms with Crippen molar-refractivity contribution in [2.24, 2.45) is 0 Å². The van der Waals surface area contributed by atoms with E-state index in [4.69, 9.17) is 37.8 Å². The van der Waals surface area contributed by atoms with Crippen molar-refractivity contribution >= 4 is 34.9 Å². The highest BCUT2D eigenvalue weighted by atomic mass is 35.5. The molecule has 0 saturated carbocycles. The number of rotatable bonds is 6. The van der Waals surface area contributed by atoms with Crippen molar-refractivity contribution in [1.29, 1.82) is 0 Å². The molecule has 8 nitrogen and oxygen atoms in total. The van der Waals surface area contributed by atoms with Gasteiger partial charge in [-0.3, -0.25) is 10.1 Å². The van der Waals surface area contributed by atoms with Crippen LogP contribution in [-0.2, 0) is 4.79 Å². The number of hydrogen-bond acceptors (Lipinski definition) is 6. The molecular weight excluding hydrogens is 363 g/mol. The second kappa shape index (κ2) is 7.33. The third-order valence-corrected chi connectivity index (χ3v) is 3.58. The molecule has 1 aromatic heterocycles. The summed E-state index contributed by atoms with van der Waals surface area (Å²) in [7, 11) is 0. The van der Waals surface area contributed by atoms with E-state index in [1.807, 2.05) is 0 Å². The number of aromatic nitrogens is 1. The highest BCUT2D eigenvalue weighted by Gasteiger charge is 2.22. The van der Waals surface area contributed by atoms with E-state index in [-0.39, 0.29) is 27.4 Å². The monoisotopic (exact) mass is 372 g/mol. The first-order valence-electron chi connectivity index (χ1n) is 6.45. The molecular formula is C14H10Cl2N2O6. The number of ether oxygens (including phenoxy) is 2. The van der Waals surface area contributed by atoms with Gasteiger partial charge in [-0.25, -0.2) is 9.78 Å². The van der Waals surface area contributed by atoms with Crippen molar-refractivity contribution in [3.8, 4) is 17.4 Å². The summed E-state index contributed by atoms with van der Waals surface area (Å²) in [6, 6.07) is 5.07. The highest BCUT2D eigenvalue weighted by molar-refractivity contribution is 6.42. The van der Waals surface area contributed by atoms with Gasteiger partial charge in [-0.15, -0.1) is 0 Å². The molecule has 0 amide bonds. The van der Waals surface area contributed by atoms with Crippen LogP contribution in [0.1, 0.15) is 6.92 Å². The predicted molar refractivity (Wildman–Crippen MR) is 85.2 cm³/mol. The Hall–Kier alpha value is -2.58. The quantitative estimate of drug-likeness (QED) is 0.603. The third-order valence-electron chi connectivity index (χ3n) is 2.80. The SMILES string of the molecule is CC(Oc1cc(Oc2nccc(Cl)c2Cl)ccc1[N+](=O)[O-])C(=O)O. The van der Waals surface area contributed by atoms with Crippen LogP contribution in [0.5, 0.6) is 17.4 Å². The number of benzene rings is 1. The van der Waals surface area contributed by atoms with E-state index in [1.54, 1.807) is 0 Å². The summed E-state index contributed by atoms with van der Waals surface area (Å²) in [5, 5.41) is 20.2. The lowest BCUT2D eigenvalue weighted by atomic mass is 10.2. The molecule has 0 bridgehead atoms. The van der Waals surface area contributed by atoms with E-state index in [1.165, 1.54) is 31.3 Å². The summed E-state index contributed by atoms with van der Waals surface area (Å²) in [5.74, 6) is -1.42. The zero-order valence-corrected chi connectivity index (χ0v) is 13.6. The summed E-state index contributed by atoms with van der Waals surface area (Å²) in [6.07, 6.45) is 0.0885. The fourth-order valence-corrected chi connectivity index (χ4v) is 1.92. The highest BCUT2D eigenvalue weighted by Crippen LogP contribution is 2.36. The lowest BCUT2D eigenvalue weighted by molar-refractivity contribution is -0.386. The fraction of sp³-hybridized carbons (Fsp3) is 0.143. The predicted octanol–water partition coefficient (Wildman–Crippen LogP) is 3.94. The molecule has 1 atom stereocenters. The number of nitro groups is 1. The summed E-state index contributed by atoms with van der Waals surface area (Å²) in [4.78, 5) is 25.1. The van der Waals surface area contributed by atoms with E-state index in [9.17, 15) is 14.9 Å². The van der Waals surface area contributed by atoms with Gasteiger partial charge in [0.25, 0.3) is 0 Å². The Kier molecular flexibility index (Phi) is 5.42. The number of carboxylic acid groups (broad SMARTS) is 1. The lowest BCUT2D eigenvalue weighted by Gasteiger charge is -2.12. The molecule has 0 aliphatic heterocycles. The first-order chi connectivity index (χ1) is 11.3. The van der Waals surface area contributed by atoms with Gasteiger partial charge in [0.2, 0.25) is 11.6 Å². The van der Waals surface area contributed by atoms with Crippen molar-refractivity contribution < 1.29 is 24.3 Å². The first-order valence-corrected chi connectivity index (χ1v) is 7.21. The molecule has 24 heavy (non-hydrogen) atoms. The zero-order valence-electron chi connectivity index (χ0n) is 12.1. The van der Waals surface area contributed by atoms with Crippen molar-refractivity contribution in [2.45, 2.75) is 13.0 Å². The number of carboxylic acids is 1. The lowest BCUT2D eigenvalue weighted by Crippen LogP contribution is -2.23. The number of halogens is 2. The molecule has 2 aromatic rings. The Balaban J connectivity index is 2.36. The van der Waals surface area contributed by atoms with E-state index < -0.39 is 22.7 Å². The second-order valence-electron chi connectivity index (χ2n) is 4.50. The van der Waals surface area contributed by atoms with Crippen molar-refractivity contribution in [3.05, 3.63) is 50.6 Å². The van der Waals surface area contributed by atoms with Gasteiger partial charge in [-0.1, -0.05) is 23.2 Å². The van der Waals surface area contributed by atoms with Crippen LogP contribution >= 0.6 is 23.2 Å². The van der Waals surface area contributed by atoms with Gasteiger partial charge < -0.3 is 14.6 Å². The molecule has 1 unspecified atom stereocenters. The average Bonchev–Trinajstić information content (AvgIpc) is 2.51. The van der Waals surface area contributed by atoms with Crippen molar-refractivity contribution in [2.75, 3.05) is 0 Å². The van der Waals surface area contributed by atoms with Crippen LogP contribution in [0.3, 0.4) is 0 Å². The van der Waals surface area contributed by atoms with Gasteiger partial charge in [-0.2, -0.15) is 0 Å². The minimum atomic E-state index is -1.29. The molecule has 2 rings (SSSR count). The minimum Gasteiger partial charge on any atom is -0.479 e. The van der Waals surface area contributed by atoms with Crippen molar-refractivity contribution in [3.63, 3.8) is 0 Å². The topological polar surface area (TPSA) is 112 Å². The van der Waals surface area contributed by atoms with E-state index in [0.29, 0.717) is 0 Å². The van der Waals surface area contributed by atoms with Gasteiger partial charge >= 0.3 is 11.7 Å². The van der Waals surface area contributed by atoms with Gasteiger partial charge in [-0.05, 0) is 19.1 Å². The molecule has 1 aromatic carbocycles. The molecule has 0 aliphatic rings. The van der Waals surface area contributed by atoms with E-state index in [0.717, 1.165) is 6.07 Å². The number of carbonyl (C=O) groups is 1. The normalized spacial score (nSPS) is 11.6. The molecule has 126 valence electrons. The maximum absolute atomic E-state index is 11.0. The summed E-state index contributed by atoms with van der Waals surface area (Å²) >= 11 is 11.8. The Morgan fingerprint density at radius 3 is 2.71 bits per heavy atom. The number of nitro benzene ring substituents is 1. The maximum atomic E-state index is 11.0. The summed E-state index contributed by atoms with van der Waals surface area (Å²) in [5.41, 5.74) is -0.402. The van der Waals surface area contributed by atoms with Gasteiger partial charge in [0.1, 0.15) is 10.8 Å². The van der Waals surface area contributed by atoms with Crippen LogP contribution in [-0.4, -0.2) is 27.1 Å². The molecule has 10 heteroatoms. The number of pyridine rings is 1. The van der Waals surface area contributed by atoms with Crippen LogP contribution < -0.4 is 9.47 Å². The fourth-order valence-electron chi connectivity index (χ4n) is 1.63. The van der Waals surface area contributed by atoms with Gasteiger partial charge in [0, 0.05) is 18.3 Å². The Morgan fingerprint density at radius 2 is 2.08 bits per heavy atom. The molecule has 0 saturated heterocycles. The standard InChI is InChI=1S/C14H10Cl2N2O6/c1-7(14(19)20)23-11-6-8(2-3-10(11)18(21)22)24-13-12(16)9(15)4-5-17-13/h2-7H,1H3,(H,19,20). The van der Waals surface area contributed by atoms with Gasteiger partial charge in [0.05, 0.1) is 9.95 Å². The molecule has 0 fully saturated rings. The molecule has 1 heterocycles. The smallest absolute Gasteiger partial charge is 0.344 e. The molecule has 1 N–H and O–H groups in total. The first kappa shape index (κ1) is 17.8. The Morgan fingerprint density at radius 1 is 1.38 bits per heavy atom. The zero-order chi connectivity index (χ0) is 17.9. The maximum Gasteiger partial charge on any atom is 0.344 e. The number of hydrogen-bond donors (Lipinski definition) is 1. The second-order valence-corrected chi connectivity index (χ2v) is 5.28. The summed E-state index contributed by atoms with van der Waals surface area (Å²) < 4.78 is 10.5. The minimum absolute atomic E-state index is 0.00440. The summed E-state index contributed by atoms with van der Waals surface area (Å²) in [6.45, 7) is 1.25. The van der Waals surface area contributed by atoms with Crippen LogP contribution in [0.4, 0.5) is 5.69 Å². The van der Waals surface area contributed by atoms with Crippen LogP contribution in [0, 0.1) is 10.1 Å². The van der Waals surface area contributed by atoms with E-state index >= 15 is 0 Å². The Labute approximate surface area is 145 Å². The van der Waals surface area contributed by atoms with E-state index in [2.05, 4.69) is 4.98 Å². The van der Waals surface area contributed by atoms with Crippen LogP contribution in [0.15, 0.2) is 30.5 Å². The number of aliphatic carboxylic acids is 1.